The van der Waals surface area contributed by atoms with Crippen LogP contribution in [0.25, 0.3) is 34.7 Å². The number of sulfonamides is 2. The van der Waals surface area contributed by atoms with Crippen LogP contribution in [0.5, 0.6) is 0 Å². The molecule has 2 heterocycles. The molecule has 2 aromatic carbocycles. The van der Waals surface area contributed by atoms with Gasteiger partial charge in [-0.3, -0.25) is 0 Å². The molecular formula is C44H54CaF2N6O12S2. The van der Waals surface area contributed by atoms with Crippen LogP contribution < -0.4 is 18.8 Å². The van der Waals surface area contributed by atoms with Crippen LogP contribution in [0.4, 0.5) is 20.7 Å². The van der Waals surface area contributed by atoms with Gasteiger partial charge in [0.25, 0.3) is 0 Å². The predicted molar refractivity (Wildman–Crippen MR) is 245 cm³/mol. The van der Waals surface area contributed by atoms with Gasteiger partial charge in [0, 0.05) is 49.2 Å². The van der Waals surface area contributed by atoms with E-state index < -0.39 is 68.0 Å². The van der Waals surface area contributed by atoms with Crippen LogP contribution in [0, 0.1) is 11.6 Å². The molecule has 0 saturated carbocycles. The number of carbonyl (C=O) groups excluding carboxylic acids is 2. The van der Waals surface area contributed by atoms with Crippen molar-refractivity contribution in [2.24, 2.45) is 0 Å². The van der Waals surface area contributed by atoms with E-state index in [-0.39, 0.29) is 74.3 Å². The van der Waals surface area contributed by atoms with Gasteiger partial charge in [-0.1, -0.05) is 52.0 Å². The minimum Gasteiger partial charge on any atom is -0.544 e. The molecule has 2 aromatic heterocycles. The Balaban J connectivity index is 0.000000453. The summed E-state index contributed by atoms with van der Waals surface area (Å²) in [5.74, 6) is -10.9. The Kier molecular flexibility index (Phi) is 21.6. The number of carbonyl (C=O) groups is 2. The molecule has 0 saturated heterocycles. The third-order valence-corrected chi connectivity index (χ3v) is 12.1. The van der Waals surface area contributed by atoms with Crippen LogP contribution in [0.2, 0.25) is 0 Å². The van der Waals surface area contributed by atoms with E-state index in [1.807, 2.05) is 27.7 Å². The van der Waals surface area contributed by atoms with Crippen molar-refractivity contribution in [3.05, 3.63) is 94.8 Å². The number of allylic oxidation sites excluding steroid dienone is 2. The number of anilines is 2. The van der Waals surface area contributed by atoms with Gasteiger partial charge < -0.3 is 40.2 Å². The number of rotatable bonds is 20. The van der Waals surface area contributed by atoms with E-state index in [0.717, 1.165) is 21.1 Å². The van der Waals surface area contributed by atoms with Gasteiger partial charge in [0.2, 0.25) is 43.5 Å². The number of carboxylic acid groups (broad SMARTS) is 2. The number of hydrogen-bond donors (Lipinski definition) is 4. The average Bonchev–Trinajstić information content (AvgIpc) is 3.22. The van der Waals surface area contributed by atoms with E-state index in [2.05, 4.69) is 19.9 Å². The Labute approximate surface area is 418 Å². The van der Waals surface area contributed by atoms with Gasteiger partial charge >= 0.3 is 37.7 Å². The smallest absolute Gasteiger partial charge is 0.544 e. The number of carboxylic acids is 2. The summed E-state index contributed by atoms with van der Waals surface area (Å²) >= 11 is 0. The largest absolute Gasteiger partial charge is 2.00 e. The predicted octanol–water partition coefficient (Wildman–Crippen LogP) is 2.45. The Bertz CT molecular complexity index is 2450. The zero-order chi connectivity index (χ0) is 49.9. The normalized spacial score (nSPS) is 12.3. The Hall–Kier alpha value is -4.52. The van der Waals surface area contributed by atoms with Crippen molar-refractivity contribution in [2.45, 2.75) is 89.6 Å². The van der Waals surface area contributed by atoms with Crippen LogP contribution in [0.3, 0.4) is 0 Å². The summed E-state index contributed by atoms with van der Waals surface area (Å²) in [4.78, 5) is 39.2. The molecule has 0 atom stereocenters. The standard InChI is InChI=1S/2C22H28FN3O6S.Ca/c2*1-14(2)18-17(8-6-5-7-13-22(29,30)20(27)28)19(15-9-11-16(23)12-10-15)25-21(24-18)26(3)33(4,31)32;/h2*6,8-12,14,29-30H,5,7,13H2,1-4H3,(H,27,28);/q;;+2/p-2/b8-6+;;. The number of benzene rings is 2. The molecule has 67 heavy (non-hydrogen) atoms. The maximum absolute atomic E-state index is 13.5. The van der Waals surface area contributed by atoms with E-state index in [4.69, 9.17) is 0 Å². The number of nitrogens with zero attached hydrogens (tertiary/aromatic N) is 6. The van der Waals surface area contributed by atoms with Crippen LogP contribution >= 0.6 is 0 Å². The number of aliphatic hydroxyl groups is 4. The van der Waals surface area contributed by atoms with Gasteiger partial charge in [-0.2, -0.15) is 0 Å². The summed E-state index contributed by atoms with van der Waals surface area (Å²) in [5, 5.41) is 58.8. The zero-order valence-corrected chi connectivity index (χ0v) is 42.2. The zero-order valence-electron chi connectivity index (χ0n) is 38.3. The Morgan fingerprint density at radius 2 is 0.925 bits per heavy atom. The number of hydrogen-bond acceptors (Lipinski definition) is 16. The second kappa shape index (κ2) is 24.7. The molecule has 4 aromatic rings. The molecule has 18 nitrogen and oxygen atoms in total. The molecule has 4 rings (SSSR count). The molecule has 0 radical (unpaired) electrons. The molecule has 0 bridgehead atoms. The van der Waals surface area contributed by atoms with Gasteiger partial charge in [-0.25, -0.2) is 54.2 Å². The molecule has 360 valence electrons. The van der Waals surface area contributed by atoms with Crippen molar-refractivity contribution in [1.82, 2.24) is 19.9 Å². The number of aromatic nitrogens is 4. The van der Waals surface area contributed by atoms with Crippen molar-refractivity contribution in [1.29, 1.82) is 0 Å². The van der Waals surface area contributed by atoms with Gasteiger partial charge in [0.05, 0.1) is 35.3 Å². The first-order valence-corrected chi connectivity index (χ1v) is 24.1. The molecule has 0 fully saturated rings. The van der Waals surface area contributed by atoms with Crippen LogP contribution in [0.15, 0.2) is 60.7 Å². The monoisotopic (exact) mass is 1000 g/mol. The molecule has 0 amide bonds. The quantitative estimate of drug-likeness (QED) is 0.0562. The fourth-order valence-electron chi connectivity index (χ4n) is 5.93. The van der Waals surface area contributed by atoms with E-state index >= 15 is 0 Å². The summed E-state index contributed by atoms with van der Waals surface area (Å²) in [6, 6.07) is 11.2. The van der Waals surface area contributed by atoms with Crippen molar-refractivity contribution < 1.29 is 65.8 Å². The molecule has 0 aliphatic rings. The van der Waals surface area contributed by atoms with E-state index in [0.29, 0.717) is 57.9 Å². The first kappa shape index (κ1) is 58.6. The van der Waals surface area contributed by atoms with Crippen LogP contribution in [0.1, 0.15) is 101 Å². The summed E-state index contributed by atoms with van der Waals surface area (Å²) in [7, 11) is -4.59. The van der Waals surface area contributed by atoms with Crippen molar-refractivity contribution in [3.8, 4) is 22.5 Å². The first-order chi connectivity index (χ1) is 30.5. The SMILES string of the molecule is CC(C)c1nc(N(C)S(C)(=O)=O)nc(-c2ccc(F)cc2)c1/C=C/CCCC(O)(O)C(=O)[O-].CC(C)c1nc(N(C)S(C)(=O)=O)nc(-c2ccc(F)cc2)c1C=CCCCC(O)(O)C(=O)[O-].[Ca+2]. The maximum atomic E-state index is 13.5. The summed E-state index contributed by atoms with van der Waals surface area (Å²) in [6.07, 6.45) is 8.94. The molecule has 0 aliphatic carbocycles. The van der Waals surface area contributed by atoms with E-state index in [9.17, 15) is 65.8 Å². The summed E-state index contributed by atoms with van der Waals surface area (Å²) < 4.78 is 77.1. The van der Waals surface area contributed by atoms with E-state index in [1.165, 1.54) is 62.6 Å². The Morgan fingerprint density at radius 1 is 0.627 bits per heavy atom. The molecule has 4 N–H and O–H groups in total. The van der Waals surface area contributed by atoms with E-state index in [1.54, 1.807) is 24.3 Å². The minimum atomic E-state index is -3.63. The van der Waals surface area contributed by atoms with Gasteiger partial charge in [0.1, 0.15) is 23.6 Å². The summed E-state index contributed by atoms with van der Waals surface area (Å²) in [6.45, 7) is 7.52. The van der Waals surface area contributed by atoms with Gasteiger partial charge in [-0.15, -0.1) is 0 Å². The summed E-state index contributed by atoms with van der Waals surface area (Å²) in [5.41, 5.74) is 4.16. The third kappa shape index (κ3) is 16.9. The maximum Gasteiger partial charge on any atom is 2.00 e. The first-order valence-electron chi connectivity index (χ1n) is 20.4. The number of unbranched alkanes of at least 4 members (excludes halogenated alkanes) is 2. The fraction of sp³-hybridized carbons (Fsp3) is 0.409. The van der Waals surface area contributed by atoms with Gasteiger partial charge in [0.15, 0.2) is 0 Å². The molecular weight excluding hydrogens is 947 g/mol. The van der Waals surface area contributed by atoms with Crippen molar-refractivity contribution in [2.75, 3.05) is 35.2 Å². The second-order valence-electron chi connectivity index (χ2n) is 15.9. The number of aliphatic carboxylic acids is 2. The average molecular weight is 1000 g/mol. The Morgan fingerprint density at radius 3 is 1.18 bits per heavy atom. The van der Waals surface area contributed by atoms with Crippen molar-refractivity contribution in [3.63, 3.8) is 0 Å². The van der Waals surface area contributed by atoms with Crippen LogP contribution in [-0.4, -0.2) is 145 Å². The topological polar surface area (TPSA) is 287 Å². The van der Waals surface area contributed by atoms with Gasteiger partial charge in [-0.05, 0) is 86.1 Å². The molecule has 23 heteroatoms. The molecule has 0 unspecified atom stereocenters. The molecule has 0 spiro atoms. The number of halogens is 2. The molecule has 0 aliphatic heterocycles. The third-order valence-electron chi connectivity index (χ3n) is 9.83. The minimum absolute atomic E-state index is 0. The fourth-order valence-corrected chi connectivity index (χ4v) is 6.69. The second-order valence-corrected chi connectivity index (χ2v) is 20.0. The van der Waals surface area contributed by atoms with Crippen LogP contribution in [-0.2, 0) is 29.6 Å². The van der Waals surface area contributed by atoms with Crippen molar-refractivity contribution >= 4 is 93.8 Å².